The highest BCUT2D eigenvalue weighted by Gasteiger charge is 2.52. The first-order chi connectivity index (χ1) is 15.5. The SMILES string of the molecule is CC(=O)OC[C@H]1O[C@H](OC(C)=O)[C@@H](NC(=O)c2ccc(Cl)cc2)[C@@H](OC(C)=O)[C@@H]1OC(C)=O. The Labute approximate surface area is 194 Å². The third-order valence-corrected chi connectivity index (χ3v) is 4.64. The molecule has 11 nitrogen and oxygen atoms in total. The van der Waals surface area contributed by atoms with E-state index in [1.54, 1.807) is 0 Å². The van der Waals surface area contributed by atoms with E-state index in [1.165, 1.54) is 24.3 Å². The van der Waals surface area contributed by atoms with Crippen molar-refractivity contribution >= 4 is 41.4 Å². The fraction of sp³-hybridized carbons (Fsp3) is 0.476. The van der Waals surface area contributed by atoms with Gasteiger partial charge in [0.15, 0.2) is 12.2 Å². The number of esters is 4. The number of rotatable bonds is 7. The van der Waals surface area contributed by atoms with Crippen molar-refractivity contribution in [3.63, 3.8) is 0 Å². The molecule has 180 valence electrons. The summed E-state index contributed by atoms with van der Waals surface area (Å²) in [6.45, 7) is 4.10. The maximum absolute atomic E-state index is 12.8. The summed E-state index contributed by atoms with van der Waals surface area (Å²) in [4.78, 5) is 59.5. The Morgan fingerprint density at radius 3 is 1.91 bits per heavy atom. The number of halogens is 1. The molecule has 0 unspecified atom stereocenters. The normalized spacial score (nSPS) is 24.2. The first-order valence-corrected chi connectivity index (χ1v) is 10.2. The van der Waals surface area contributed by atoms with Crippen LogP contribution in [-0.4, -0.2) is 67.0 Å². The number of hydrogen-bond acceptors (Lipinski definition) is 10. The molecule has 2 rings (SSSR count). The standard InChI is InChI=1S/C21H24ClNO10/c1-10(24)29-9-16-18(30-11(2)25)19(31-12(3)26)17(21(33-16)32-13(4)27)23-20(28)14-5-7-15(22)8-6-14/h5-8,16-19,21H,9H2,1-4H3,(H,23,28)/t16-,17+,18-,19-,21+/m1/s1. The maximum Gasteiger partial charge on any atom is 0.305 e. The van der Waals surface area contributed by atoms with Gasteiger partial charge >= 0.3 is 23.9 Å². The molecule has 0 aromatic heterocycles. The van der Waals surface area contributed by atoms with Crippen LogP contribution in [0.15, 0.2) is 24.3 Å². The van der Waals surface area contributed by atoms with E-state index in [9.17, 15) is 24.0 Å². The quantitative estimate of drug-likeness (QED) is 0.441. The van der Waals surface area contributed by atoms with Crippen molar-refractivity contribution < 1.29 is 47.7 Å². The number of nitrogens with one attached hydrogen (secondary N) is 1. The second-order valence-corrected chi connectivity index (χ2v) is 7.55. The second kappa shape index (κ2) is 11.6. The molecular formula is C21H24ClNO10. The van der Waals surface area contributed by atoms with E-state index in [4.69, 9.17) is 35.3 Å². The molecule has 12 heteroatoms. The third-order valence-electron chi connectivity index (χ3n) is 4.39. The third kappa shape index (κ3) is 7.72. The van der Waals surface area contributed by atoms with Crippen LogP contribution in [0.2, 0.25) is 5.02 Å². The number of ether oxygens (including phenoxy) is 5. The lowest BCUT2D eigenvalue weighted by Crippen LogP contribution is -2.67. The summed E-state index contributed by atoms with van der Waals surface area (Å²) in [5.41, 5.74) is 0.202. The largest absolute Gasteiger partial charge is 0.463 e. The molecule has 1 aliphatic rings. The highest BCUT2D eigenvalue weighted by atomic mass is 35.5. The van der Waals surface area contributed by atoms with Gasteiger partial charge in [0.1, 0.15) is 18.8 Å². The van der Waals surface area contributed by atoms with Gasteiger partial charge in [0, 0.05) is 38.3 Å². The van der Waals surface area contributed by atoms with Crippen LogP contribution in [0.25, 0.3) is 0 Å². The summed E-state index contributed by atoms with van der Waals surface area (Å²) in [6.07, 6.45) is -5.28. The molecule has 1 aromatic rings. The molecule has 0 aliphatic carbocycles. The monoisotopic (exact) mass is 485 g/mol. The van der Waals surface area contributed by atoms with Crippen LogP contribution in [0.5, 0.6) is 0 Å². The molecule has 0 saturated carbocycles. The van der Waals surface area contributed by atoms with Gasteiger partial charge in [-0.2, -0.15) is 0 Å². The molecule has 1 heterocycles. The Morgan fingerprint density at radius 2 is 1.39 bits per heavy atom. The van der Waals surface area contributed by atoms with E-state index in [-0.39, 0.29) is 5.56 Å². The number of hydrogen-bond donors (Lipinski definition) is 1. The van der Waals surface area contributed by atoms with E-state index in [0.29, 0.717) is 5.02 Å². The van der Waals surface area contributed by atoms with E-state index in [2.05, 4.69) is 5.32 Å². The number of carbonyl (C=O) groups is 5. The van der Waals surface area contributed by atoms with Gasteiger partial charge in [-0.05, 0) is 24.3 Å². The highest BCUT2D eigenvalue weighted by Crippen LogP contribution is 2.28. The summed E-state index contributed by atoms with van der Waals surface area (Å²) in [5.74, 6) is -3.55. The van der Waals surface area contributed by atoms with Crippen LogP contribution >= 0.6 is 11.6 Å². The molecule has 1 saturated heterocycles. The predicted octanol–water partition coefficient (Wildman–Crippen LogP) is 1.15. The Morgan fingerprint density at radius 1 is 0.848 bits per heavy atom. The lowest BCUT2D eigenvalue weighted by Gasteiger charge is -2.44. The molecular weight excluding hydrogens is 462 g/mol. The molecule has 0 bridgehead atoms. The summed E-state index contributed by atoms with van der Waals surface area (Å²) in [6, 6.07) is 4.63. The molecule has 1 aromatic carbocycles. The first kappa shape index (κ1) is 26.1. The van der Waals surface area contributed by atoms with Crippen LogP contribution in [0.1, 0.15) is 38.1 Å². The minimum Gasteiger partial charge on any atom is -0.463 e. The van der Waals surface area contributed by atoms with Crippen molar-refractivity contribution in [1.82, 2.24) is 5.32 Å². The fourth-order valence-electron chi connectivity index (χ4n) is 3.16. The summed E-state index contributed by atoms with van der Waals surface area (Å²) in [5, 5.41) is 3.00. The van der Waals surface area contributed by atoms with Crippen LogP contribution in [0.3, 0.4) is 0 Å². The van der Waals surface area contributed by atoms with Gasteiger partial charge in [-0.1, -0.05) is 11.6 Å². The zero-order valence-corrected chi connectivity index (χ0v) is 19.1. The average Bonchev–Trinajstić information content (AvgIpc) is 2.70. The van der Waals surface area contributed by atoms with Gasteiger partial charge in [0.2, 0.25) is 6.29 Å². The van der Waals surface area contributed by atoms with E-state index in [0.717, 1.165) is 27.7 Å². The van der Waals surface area contributed by atoms with Gasteiger partial charge in [0.05, 0.1) is 0 Å². The van der Waals surface area contributed by atoms with Crippen molar-refractivity contribution in [2.24, 2.45) is 0 Å². The van der Waals surface area contributed by atoms with Crippen molar-refractivity contribution in [2.45, 2.75) is 58.3 Å². The minimum absolute atomic E-state index is 0.202. The van der Waals surface area contributed by atoms with Crippen molar-refractivity contribution in [2.75, 3.05) is 6.61 Å². The zero-order valence-electron chi connectivity index (χ0n) is 18.4. The summed E-state index contributed by atoms with van der Waals surface area (Å²) in [7, 11) is 0. The van der Waals surface area contributed by atoms with Crippen LogP contribution in [0.4, 0.5) is 0 Å². The Hall–Kier alpha value is -3.18. The smallest absolute Gasteiger partial charge is 0.305 e. The summed E-state index contributed by atoms with van der Waals surface area (Å²) >= 11 is 5.85. The van der Waals surface area contributed by atoms with Gasteiger partial charge < -0.3 is 29.0 Å². The van der Waals surface area contributed by atoms with Crippen molar-refractivity contribution in [3.05, 3.63) is 34.9 Å². The van der Waals surface area contributed by atoms with Gasteiger partial charge in [0.25, 0.3) is 5.91 Å². The van der Waals surface area contributed by atoms with E-state index in [1.807, 2.05) is 0 Å². The first-order valence-electron chi connectivity index (χ1n) is 9.84. The topological polar surface area (TPSA) is 144 Å². The minimum atomic E-state index is -1.46. The molecule has 1 aliphatic heterocycles. The van der Waals surface area contributed by atoms with Gasteiger partial charge in [-0.3, -0.25) is 24.0 Å². The Bertz CT molecular complexity index is 903. The van der Waals surface area contributed by atoms with Crippen molar-refractivity contribution in [3.8, 4) is 0 Å². The van der Waals surface area contributed by atoms with Crippen LogP contribution in [-0.2, 0) is 42.9 Å². The fourth-order valence-corrected chi connectivity index (χ4v) is 3.28. The van der Waals surface area contributed by atoms with Crippen LogP contribution < -0.4 is 5.32 Å². The number of amides is 1. The number of carbonyl (C=O) groups excluding carboxylic acids is 5. The summed E-state index contributed by atoms with van der Waals surface area (Å²) < 4.78 is 26.5. The van der Waals surface area contributed by atoms with Crippen LogP contribution in [0, 0.1) is 0 Å². The lowest BCUT2D eigenvalue weighted by atomic mass is 9.95. The number of benzene rings is 1. The van der Waals surface area contributed by atoms with Crippen molar-refractivity contribution in [1.29, 1.82) is 0 Å². The molecule has 1 amide bonds. The van der Waals surface area contributed by atoms with Gasteiger partial charge in [-0.15, -0.1) is 0 Å². The Balaban J connectivity index is 2.44. The molecule has 0 radical (unpaired) electrons. The lowest BCUT2D eigenvalue weighted by molar-refractivity contribution is -0.270. The van der Waals surface area contributed by atoms with Gasteiger partial charge in [-0.25, -0.2) is 0 Å². The molecule has 33 heavy (non-hydrogen) atoms. The zero-order chi connectivity index (χ0) is 24.7. The second-order valence-electron chi connectivity index (χ2n) is 7.11. The Kier molecular flexibility index (Phi) is 9.18. The molecule has 1 N–H and O–H groups in total. The molecule has 0 spiro atoms. The predicted molar refractivity (Wildman–Crippen MR) is 111 cm³/mol. The average molecular weight is 486 g/mol. The van der Waals surface area contributed by atoms with E-state index < -0.39 is 67.0 Å². The highest BCUT2D eigenvalue weighted by molar-refractivity contribution is 6.30. The maximum atomic E-state index is 12.8. The van der Waals surface area contributed by atoms with E-state index >= 15 is 0 Å². The molecule has 1 fully saturated rings. The molecule has 5 atom stereocenters.